The average Bonchev–Trinajstić information content (AvgIpc) is 3.18. The van der Waals surface area contributed by atoms with Crippen LogP contribution in [0.25, 0.3) is 11.0 Å². The van der Waals surface area contributed by atoms with Crippen molar-refractivity contribution >= 4 is 28.8 Å². The molecule has 9 nitrogen and oxygen atoms in total. The molecule has 9 heteroatoms. The van der Waals surface area contributed by atoms with Gasteiger partial charge in [-0.15, -0.1) is 0 Å². The van der Waals surface area contributed by atoms with Crippen molar-refractivity contribution in [3.8, 4) is 5.75 Å². The molecule has 178 valence electrons. The zero-order chi connectivity index (χ0) is 23.8. The number of nitrogens with zero attached hydrogens (tertiary/aromatic N) is 4. The third kappa shape index (κ3) is 6.35. The molecule has 33 heavy (non-hydrogen) atoms. The maximum Gasteiger partial charge on any atom is 0.338 e. The minimum atomic E-state index is -0.365. The fourth-order valence-electron chi connectivity index (χ4n) is 3.55. The first-order chi connectivity index (χ1) is 15.9. The number of fused-ring (bicyclic) bond motifs is 1. The number of rotatable bonds is 12. The molecule has 2 heterocycles. The van der Waals surface area contributed by atoms with E-state index < -0.39 is 0 Å². The predicted molar refractivity (Wildman–Crippen MR) is 131 cm³/mol. The summed E-state index contributed by atoms with van der Waals surface area (Å²) in [5.74, 6) is 1.22. The van der Waals surface area contributed by atoms with Gasteiger partial charge in [0.1, 0.15) is 17.9 Å². The molecule has 0 radical (unpaired) electrons. The number of aromatic nitrogens is 3. The van der Waals surface area contributed by atoms with Crippen LogP contribution in [0.2, 0.25) is 0 Å². The molecule has 0 aliphatic rings. The van der Waals surface area contributed by atoms with Gasteiger partial charge in [0.15, 0.2) is 5.82 Å². The van der Waals surface area contributed by atoms with Crippen LogP contribution in [0, 0.1) is 0 Å². The summed E-state index contributed by atoms with van der Waals surface area (Å²) in [4.78, 5) is 23.2. The summed E-state index contributed by atoms with van der Waals surface area (Å²) in [7, 11) is 5.46. The predicted octanol–water partition coefficient (Wildman–Crippen LogP) is 3.39. The first-order valence-electron chi connectivity index (χ1n) is 11.3. The Morgan fingerprint density at radius 3 is 2.76 bits per heavy atom. The number of nitrogen functional groups attached to an aromatic ring is 1. The van der Waals surface area contributed by atoms with E-state index in [4.69, 9.17) is 15.2 Å². The third-order valence-electron chi connectivity index (χ3n) is 5.34. The number of carbonyl (C=O) groups is 1. The third-order valence-corrected chi connectivity index (χ3v) is 5.34. The number of hydrogen-bond acceptors (Lipinski definition) is 8. The molecule has 0 saturated heterocycles. The first kappa shape index (κ1) is 24.3. The van der Waals surface area contributed by atoms with E-state index in [1.807, 2.05) is 37.3 Å². The van der Waals surface area contributed by atoms with Crippen molar-refractivity contribution in [3.05, 3.63) is 41.6 Å². The van der Waals surface area contributed by atoms with Crippen molar-refractivity contribution in [2.24, 2.45) is 0 Å². The molecule has 3 N–H and O–H groups in total. The number of esters is 1. The summed E-state index contributed by atoms with van der Waals surface area (Å²) < 4.78 is 13.0. The van der Waals surface area contributed by atoms with E-state index in [9.17, 15) is 4.79 Å². The summed E-state index contributed by atoms with van der Waals surface area (Å²) in [6.45, 7) is 4.53. The van der Waals surface area contributed by atoms with Gasteiger partial charge in [0.25, 0.3) is 0 Å². The number of methoxy groups -OCH3 is 1. The summed E-state index contributed by atoms with van der Waals surface area (Å²) in [6, 6.07) is 7.30. The lowest BCUT2D eigenvalue weighted by Crippen LogP contribution is -2.20. The quantitative estimate of drug-likeness (QED) is 0.317. The smallest absolute Gasteiger partial charge is 0.338 e. The molecule has 0 atom stereocenters. The second-order valence-electron chi connectivity index (χ2n) is 8.21. The van der Waals surface area contributed by atoms with Crippen molar-refractivity contribution < 1.29 is 14.3 Å². The van der Waals surface area contributed by atoms with E-state index in [0.29, 0.717) is 31.0 Å². The number of ether oxygens (including phenoxy) is 2. The minimum Gasteiger partial charge on any atom is -0.496 e. The molecule has 0 amide bonds. The van der Waals surface area contributed by atoms with Crippen LogP contribution in [0.15, 0.2) is 30.5 Å². The van der Waals surface area contributed by atoms with Gasteiger partial charge >= 0.3 is 5.97 Å². The van der Waals surface area contributed by atoms with E-state index in [2.05, 4.69) is 26.8 Å². The Morgan fingerprint density at radius 2 is 2.03 bits per heavy atom. The Bertz CT molecular complexity index is 1080. The Labute approximate surface area is 194 Å². The minimum absolute atomic E-state index is 0.243. The molecule has 2 aromatic heterocycles. The van der Waals surface area contributed by atoms with E-state index in [-0.39, 0.29) is 11.9 Å². The highest BCUT2D eigenvalue weighted by Crippen LogP contribution is 2.27. The van der Waals surface area contributed by atoms with Gasteiger partial charge in [-0.3, -0.25) is 0 Å². The van der Waals surface area contributed by atoms with Gasteiger partial charge in [0, 0.05) is 24.8 Å². The van der Waals surface area contributed by atoms with Crippen LogP contribution in [-0.4, -0.2) is 66.3 Å². The molecule has 0 bridgehead atoms. The van der Waals surface area contributed by atoms with Crippen molar-refractivity contribution in [1.29, 1.82) is 0 Å². The van der Waals surface area contributed by atoms with Crippen molar-refractivity contribution in [3.63, 3.8) is 0 Å². The zero-order valence-electron chi connectivity index (χ0n) is 19.9. The number of nitrogens with two attached hydrogens (primary N) is 1. The van der Waals surface area contributed by atoms with Gasteiger partial charge in [0.05, 0.1) is 24.7 Å². The standard InChI is InChI=1S/C24H34N6O3/c1-5-6-7-11-26-22-21-19(27-24(25)28-22)10-12-30(21)16-18-9-8-17(15-20(18)32-4)23(31)33-14-13-29(2)3/h8-10,12,15H,5-7,11,13-14,16H2,1-4H3,(H3,25,26,27,28). The molecule has 3 aromatic rings. The first-order valence-corrected chi connectivity index (χ1v) is 11.3. The largest absolute Gasteiger partial charge is 0.496 e. The van der Waals surface area contributed by atoms with Gasteiger partial charge in [-0.2, -0.15) is 4.98 Å². The topological polar surface area (TPSA) is 108 Å². The Balaban J connectivity index is 1.82. The van der Waals surface area contributed by atoms with Gasteiger partial charge in [-0.05, 0) is 38.7 Å². The second-order valence-corrected chi connectivity index (χ2v) is 8.21. The van der Waals surface area contributed by atoms with Crippen LogP contribution < -0.4 is 15.8 Å². The number of carbonyl (C=O) groups excluding carboxylic acids is 1. The Kier molecular flexibility index (Phi) is 8.48. The van der Waals surface area contributed by atoms with Crippen LogP contribution in [0.4, 0.5) is 11.8 Å². The molecule has 0 unspecified atom stereocenters. The van der Waals surface area contributed by atoms with Crippen LogP contribution >= 0.6 is 0 Å². The molecular weight excluding hydrogens is 420 g/mol. The fourth-order valence-corrected chi connectivity index (χ4v) is 3.55. The number of unbranched alkanes of at least 4 members (excludes halogenated alkanes) is 2. The molecule has 0 saturated carbocycles. The fraction of sp³-hybridized carbons (Fsp3) is 0.458. The molecule has 0 aliphatic carbocycles. The highest BCUT2D eigenvalue weighted by atomic mass is 16.5. The highest BCUT2D eigenvalue weighted by Gasteiger charge is 2.15. The lowest BCUT2D eigenvalue weighted by Gasteiger charge is -2.14. The number of likely N-dealkylation sites (N-methyl/N-ethyl adjacent to an activating group) is 1. The summed E-state index contributed by atoms with van der Waals surface area (Å²) >= 11 is 0. The second kappa shape index (κ2) is 11.5. The van der Waals surface area contributed by atoms with Crippen LogP contribution in [0.3, 0.4) is 0 Å². The monoisotopic (exact) mass is 454 g/mol. The van der Waals surface area contributed by atoms with Gasteiger partial charge < -0.3 is 30.0 Å². The average molecular weight is 455 g/mol. The number of anilines is 2. The number of benzene rings is 1. The van der Waals surface area contributed by atoms with Crippen LogP contribution in [0.5, 0.6) is 5.75 Å². The van der Waals surface area contributed by atoms with Crippen LogP contribution in [0.1, 0.15) is 42.1 Å². The molecule has 0 aliphatic heterocycles. The normalized spacial score (nSPS) is 11.2. The summed E-state index contributed by atoms with van der Waals surface area (Å²) in [6.07, 6.45) is 5.32. The molecule has 3 rings (SSSR count). The van der Waals surface area contributed by atoms with Gasteiger partial charge in [0.2, 0.25) is 5.95 Å². The van der Waals surface area contributed by atoms with Gasteiger partial charge in [-0.25, -0.2) is 9.78 Å². The molecule has 0 fully saturated rings. The lowest BCUT2D eigenvalue weighted by atomic mass is 10.1. The Hall–Kier alpha value is -3.33. The summed E-state index contributed by atoms with van der Waals surface area (Å²) in [5, 5.41) is 3.41. The van der Waals surface area contributed by atoms with Crippen LogP contribution in [-0.2, 0) is 11.3 Å². The van der Waals surface area contributed by atoms with E-state index in [1.54, 1.807) is 19.2 Å². The molecule has 1 aromatic carbocycles. The molecule has 0 spiro atoms. The summed E-state index contributed by atoms with van der Waals surface area (Å²) in [5.41, 5.74) is 8.97. The maximum atomic E-state index is 12.4. The van der Waals surface area contributed by atoms with E-state index in [0.717, 1.165) is 48.2 Å². The van der Waals surface area contributed by atoms with E-state index >= 15 is 0 Å². The van der Waals surface area contributed by atoms with Crippen molar-refractivity contribution in [2.75, 3.05) is 52.0 Å². The van der Waals surface area contributed by atoms with Crippen molar-refractivity contribution in [1.82, 2.24) is 19.4 Å². The van der Waals surface area contributed by atoms with E-state index in [1.165, 1.54) is 0 Å². The molecular formula is C24H34N6O3. The maximum absolute atomic E-state index is 12.4. The van der Waals surface area contributed by atoms with Crippen molar-refractivity contribution in [2.45, 2.75) is 32.7 Å². The highest BCUT2D eigenvalue weighted by molar-refractivity contribution is 5.90. The lowest BCUT2D eigenvalue weighted by molar-refractivity contribution is 0.0481. The Morgan fingerprint density at radius 1 is 1.21 bits per heavy atom. The van der Waals surface area contributed by atoms with Gasteiger partial charge in [-0.1, -0.05) is 25.8 Å². The zero-order valence-corrected chi connectivity index (χ0v) is 19.9. The SMILES string of the molecule is CCCCCNc1nc(N)nc2ccn(Cc3ccc(C(=O)OCCN(C)C)cc3OC)c12. The number of hydrogen-bond donors (Lipinski definition) is 2. The number of nitrogens with one attached hydrogen (secondary N) is 1.